The Kier molecular flexibility index (Phi) is 3.08. The van der Waals surface area contributed by atoms with Gasteiger partial charge >= 0.3 is 6.03 Å². The van der Waals surface area contributed by atoms with Gasteiger partial charge in [-0.25, -0.2) is 14.8 Å². The topological polar surface area (TPSA) is 96.2 Å². The van der Waals surface area contributed by atoms with E-state index in [1.165, 1.54) is 0 Å². The van der Waals surface area contributed by atoms with Gasteiger partial charge in [-0.2, -0.15) is 0 Å². The highest BCUT2D eigenvalue weighted by Crippen LogP contribution is 2.40. The minimum atomic E-state index is -0.534. The van der Waals surface area contributed by atoms with Crippen LogP contribution in [0.2, 0.25) is 0 Å². The molecule has 102 valence electrons. The lowest BCUT2D eigenvalue weighted by atomic mass is 10.2. The van der Waals surface area contributed by atoms with Crippen LogP contribution in [0, 0.1) is 0 Å². The van der Waals surface area contributed by atoms with Gasteiger partial charge in [-0.05, 0) is 12.1 Å². The molecule has 0 saturated carbocycles. The van der Waals surface area contributed by atoms with Crippen LogP contribution in [0.4, 0.5) is 27.8 Å². The quantitative estimate of drug-likeness (QED) is 0.782. The molecule has 1 aromatic carbocycles. The summed E-state index contributed by atoms with van der Waals surface area (Å²) in [5.41, 5.74) is 7.04. The van der Waals surface area contributed by atoms with E-state index in [9.17, 15) is 4.79 Å². The van der Waals surface area contributed by atoms with Crippen LogP contribution in [0.3, 0.4) is 0 Å². The van der Waals surface area contributed by atoms with Crippen molar-refractivity contribution in [2.45, 2.75) is 0 Å². The van der Waals surface area contributed by atoms with Crippen molar-refractivity contribution >= 4 is 29.0 Å². The molecule has 0 radical (unpaired) electrons. The van der Waals surface area contributed by atoms with Gasteiger partial charge in [0.25, 0.3) is 0 Å². The summed E-state index contributed by atoms with van der Waals surface area (Å²) in [5, 5.41) is 5.83. The number of amides is 2. The second-order valence-electron chi connectivity index (χ2n) is 4.31. The number of carbonyl (C=O) groups is 1. The summed E-state index contributed by atoms with van der Waals surface area (Å²) < 4.78 is 0. The van der Waals surface area contributed by atoms with Crippen LogP contribution in [0.5, 0.6) is 0 Å². The van der Waals surface area contributed by atoms with Crippen molar-refractivity contribution in [1.29, 1.82) is 0 Å². The Balaban J connectivity index is 1.93. The standard InChI is InChI=1S/C13H14N6O/c14-13(20)17-7-8-19-10-4-2-1-3-9(10)18-11-12(19)16-6-5-15-11/h1-6H,7-8H2,(H,15,18)(H3,14,17,20). The largest absolute Gasteiger partial charge is 0.352 e. The lowest BCUT2D eigenvalue weighted by molar-refractivity contribution is 0.249. The van der Waals surface area contributed by atoms with E-state index in [0.717, 1.165) is 17.2 Å². The van der Waals surface area contributed by atoms with Gasteiger partial charge in [-0.15, -0.1) is 0 Å². The van der Waals surface area contributed by atoms with Crippen molar-refractivity contribution in [3.63, 3.8) is 0 Å². The van der Waals surface area contributed by atoms with Crippen LogP contribution >= 0.6 is 0 Å². The zero-order valence-electron chi connectivity index (χ0n) is 10.7. The molecule has 0 spiro atoms. The van der Waals surface area contributed by atoms with Crippen molar-refractivity contribution < 1.29 is 4.79 Å². The van der Waals surface area contributed by atoms with E-state index >= 15 is 0 Å². The van der Waals surface area contributed by atoms with Gasteiger partial charge < -0.3 is 21.3 Å². The van der Waals surface area contributed by atoms with Gasteiger partial charge in [0.15, 0.2) is 11.6 Å². The summed E-state index contributed by atoms with van der Waals surface area (Å²) in [6.45, 7) is 0.993. The number of hydrogen-bond donors (Lipinski definition) is 3. The smallest absolute Gasteiger partial charge is 0.312 e. The summed E-state index contributed by atoms with van der Waals surface area (Å²) in [6, 6.07) is 7.34. The van der Waals surface area contributed by atoms with Crippen molar-refractivity contribution in [1.82, 2.24) is 15.3 Å². The first kappa shape index (κ1) is 12.2. The van der Waals surface area contributed by atoms with Crippen molar-refractivity contribution in [3.05, 3.63) is 36.7 Å². The number of benzene rings is 1. The third-order valence-corrected chi connectivity index (χ3v) is 3.02. The van der Waals surface area contributed by atoms with E-state index in [4.69, 9.17) is 5.73 Å². The van der Waals surface area contributed by atoms with E-state index in [1.54, 1.807) is 12.4 Å². The second-order valence-corrected chi connectivity index (χ2v) is 4.31. The van der Waals surface area contributed by atoms with Crippen LogP contribution in [-0.2, 0) is 0 Å². The lowest BCUT2D eigenvalue weighted by Crippen LogP contribution is -2.37. The average molecular weight is 270 g/mol. The Morgan fingerprint density at radius 3 is 2.95 bits per heavy atom. The number of anilines is 4. The van der Waals surface area contributed by atoms with E-state index in [-0.39, 0.29) is 0 Å². The SMILES string of the molecule is NC(=O)NCCN1c2ccccc2Nc2nccnc21. The number of para-hydroxylation sites is 2. The van der Waals surface area contributed by atoms with Gasteiger partial charge in [0.05, 0.1) is 11.4 Å². The van der Waals surface area contributed by atoms with Gasteiger partial charge in [0, 0.05) is 25.5 Å². The van der Waals surface area contributed by atoms with E-state index < -0.39 is 6.03 Å². The highest BCUT2D eigenvalue weighted by Gasteiger charge is 2.23. The maximum absolute atomic E-state index is 10.8. The molecular formula is C13H14N6O. The summed E-state index contributed by atoms with van der Waals surface area (Å²) in [5.74, 6) is 1.43. The predicted octanol–water partition coefficient (Wildman–Crippen LogP) is 1.34. The van der Waals surface area contributed by atoms with Gasteiger partial charge in [-0.1, -0.05) is 12.1 Å². The fourth-order valence-electron chi connectivity index (χ4n) is 2.19. The molecule has 2 aromatic rings. The molecule has 7 nitrogen and oxygen atoms in total. The van der Waals surface area contributed by atoms with Crippen LogP contribution < -0.4 is 21.3 Å². The summed E-state index contributed by atoms with van der Waals surface area (Å²) in [4.78, 5) is 21.4. The molecule has 0 bridgehead atoms. The van der Waals surface area contributed by atoms with Crippen LogP contribution in [-0.4, -0.2) is 29.1 Å². The number of hydrogen-bond acceptors (Lipinski definition) is 5. The molecule has 20 heavy (non-hydrogen) atoms. The number of nitrogens with two attached hydrogens (primary N) is 1. The first-order valence-electron chi connectivity index (χ1n) is 6.23. The summed E-state index contributed by atoms with van der Waals surface area (Å²) >= 11 is 0. The first-order valence-corrected chi connectivity index (χ1v) is 6.23. The van der Waals surface area contributed by atoms with Crippen LogP contribution in [0.15, 0.2) is 36.7 Å². The number of nitrogens with zero attached hydrogens (tertiary/aromatic N) is 3. The van der Waals surface area contributed by atoms with Gasteiger partial charge in [0.1, 0.15) is 0 Å². The molecule has 1 aromatic heterocycles. The monoisotopic (exact) mass is 270 g/mol. The maximum Gasteiger partial charge on any atom is 0.312 e. The Morgan fingerprint density at radius 2 is 2.10 bits per heavy atom. The van der Waals surface area contributed by atoms with Crippen molar-refractivity contribution in [2.75, 3.05) is 23.3 Å². The Labute approximate surface area is 115 Å². The van der Waals surface area contributed by atoms with Gasteiger partial charge in [-0.3, -0.25) is 0 Å². The second kappa shape index (κ2) is 5.04. The first-order chi connectivity index (χ1) is 9.75. The Bertz CT molecular complexity index is 599. The number of aromatic nitrogens is 2. The average Bonchev–Trinajstić information content (AvgIpc) is 2.46. The minimum Gasteiger partial charge on any atom is -0.352 e. The number of nitrogens with one attached hydrogen (secondary N) is 2. The zero-order chi connectivity index (χ0) is 13.9. The number of rotatable bonds is 3. The molecule has 0 atom stereocenters. The maximum atomic E-state index is 10.8. The molecule has 7 heteroatoms. The molecule has 1 aliphatic rings. The molecule has 4 N–H and O–H groups in total. The van der Waals surface area contributed by atoms with Crippen molar-refractivity contribution in [2.24, 2.45) is 5.73 Å². The minimum absolute atomic E-state index is 0.430. The highest BCUT2D eigenvalue weighted by molar-refractivity contribution is 5.88. The van der Waals surface area contributed by atoms with Crippen LogP contribution in [0.1, 0.15) is 0 Å². The Morgan fingerprint density at radius 1 is 1.30 bits per heavy atom. The predicted molar refractivity (Wildman–Crippen MR) is 76.3 cm³/mol. The van der Waals surface area contributed by atoms with E-state index in [2.05, 4.69) is 20.6 Å². The number of urea groups is 1. The van der Waals surface area contributed by atoms with Gasteiger partial charge in [0.2, 0.25) is 0 Å². The Hall–Kier alpha value is -2.83. The van der Waals surface area contributed by atoms with E-state index in [1.807, 2.05) is 29.2 Å². The number of carbonyl (C=O) groups excluding carboxylic acids is 1. The van der Waals surface area contributed by atoms with E-state index in [0.29, 0.717) is 18.9 Å². The molecule has 0 aliphatic carbocycles. The lowest BCUT2D eigenvalue weighted by Gasteiger charge is -2.31. The van der Waals surface area contributed by atoms with Crippen LogP contribution in [0.25, 0.3) is 0 Å². The molecule has 1 aliphatic heterocycles. The molecule has 0 fully saturated rings. The molecule has 0 saturated heterocycles. The molecule has 0 unspecified atom stereocenters. The molecule has 3 rings (SSSR count). The summed E-state index contributed by atoms with van der Waals surface area (Å²) in [7, 11) is 0. The fourth-order valence-corrected chi connectivity index (χ4v) is 2.19. The third-order valence-electron chi connectivity index (χ3n) is 3.02. The van der Waals surface area contributed by atoms with Crippen molar-refractivity contribution in [3.8, 4) is 0 Å². The molecule has 2 heterocycles. The zero-order valence-corrected chi connectivity index (χ0v) is 10.7. The highest BCUT2D eigenvalue weighted by atomic mass is 16.2. The fraction of sp³-hybridized carbons (Fsp3) is 0.154. The number of primary amides is 1. The normalized spacial score (nSPS) is 12.1. The summed E-state index contributed by atoms with van der Waals surface area (Å²) in [6.07, 6.45) is 3.28. The molecule has 2 amide bonds. The number of fused-ring (bicyclic) bond motifs is 2. The molecular weight excluding hydrogens is 256 g/mol. The third kappa shape index (κ3) is 2.20.